The molecule has 0 spiro atoms. The van der Waals surface area contributed by atoms with E-state index in [1.807, 2.05) is 33.9 Å². The zero-order valence-corrected chi connectivity index (χ0v) is 15.9. The molecule has 2 rings (SSSR count). The van der Waals surface area contributed by atoms with Crippen LogP contribution in [-0.2, 0) is 13.1 Å². The Kier molecular flexibility index (Phi) is 10.1. The van der Waals surface area contributed by atoms with Gasteiger partial charge in [-0.15, -0.1) is 24.0 Å². The molecular weight excluding hydrogens is 405 g/mol. The summed E-state index contributed by atoms with van der Waals surface area (Å²) in [5.74, 6) is 0.878. The van der Waals surface area contributed by atoms with Gasteiger partial charge in [0.2, 0.25) is 0 Å². The van der Waals surface area contributed by atoms with Crippen molar-refractivity contribution in [3.63, 3.8) is 0 Å². The fraction of sp³-hybridized carbons (Fsp3) is 0.533. The molecule has 0 radical (unpaired) electrons. The van der Waals surface area contributed by atoms with E-state index in [4.69, 9.17) is 0 Å². The summed E-state index contributed by atoms with van der Waals surface area (Å²) < 4.78 is 3.87. The van der Waals surface area contributed by atoms with Gasteiger partial charge in [-0.1, -0.05) is 0 Å². The SMILES string of the molecule is CCNC(=NCCCn1cccn1)NCCCn1cccn1.I. The number of rotatable bonds is 9. The van der Waals surface area contributed by atoms with Crippen LogP contribution in [0.2, 0.25) is 0 Å². The number of halogens is 1. The Morgan fingerprint density at radius 1 is 1.00 bits per heavy atom. The molecule has 8 heteroatoms. The Bertz CT molecular complexity index is 522. The van der Waals surface area contributed by atoms with Crippen LogP contribution in [0.1, 0.15) is 19.8 Å². The summed E-state index contributed by atoms with van der Waals surface area (Å²) >= 11 is 0. The first-order chi connectivity index (χ1) is 10.9. The van der Waals surface area contributed by atoms with Crippen LogP contribution in [0.25, 0.3) is 0 Å². The first kappa shape index (κ1) is 19.5. The molecule has 128 valence electrons. The largest absolute Gasteiger partial charge is 0.357 e. The molecule has 0 bridgehead atoms. The number of aromatic nitrogens is 4. The molecule has 0 aliphatic heterocycles. The fourth-order valence-corrected chi connectivity index (χ4v) is 2.08. The predicted octanol–water partition coefficient (Wildman–Crippen LogP) is 1.73. The summed E-state index contributed by atoms with van der Waals surface area (Å²) in [6.07, 6.45) is 9.55. The normalized spacial score (nSPS) is 11.1. The molecule has 2 N–H and O–H groups in total. The molecule has 0 atom stereocenters. The van der Waals surface area contributed by atoms with Gasteiger partial charge in [0.05, 0.1) is 0 Å². The standard InChI is InChI=1S/C15H25N7.HI/c1-2-16-15(17-7-3-11-21-13-5-9-19-21)18-8-4-12-22-14-6-10-20-22;/h5-6,9-10,13-14H,2-4,7-8,11-12H2,1H3,(H2,16,17,18);1H. The average molecular weight is 431 g/mol. The lowest BCUT2D eigenvalue weighted by atomic mass is 10.4. The minimum absolute atomic E-state index is 0. The Hall–Kier alpha value is -1.58. The molecule has 0 aliphatic rings. The topological polar surface area (TPSA) is 72.1 Å². The third-order valence-corrected chi connectivity index (χ3v) is 3.13. The summed E-state index contributed by atoms with van der Waals surface area (Å²) in [7, 11) is 0. The van der Waals surface area contributed by atoms with Crippen molar-refractivity contribution >= 4 is 29.9 Å². The van der Waals surface area contributed by atoms with Gasteiger partial charge in [0, 0.05) is 57.5 Å². The molecule has 2 aromatic rings. The molecule has 0 saturated heterocycles. The maximum Gasteiger partial charge on any atom is 0.191 e. The van der Waals surface area contributed by atoms with Crippen LogP contribution in [0.3, 0.4) is 0 Å². The third kappa shape index (κ3) is 8.00. The summed E-state index contributed by atoms with van der Waals surface area (Å²) in [4.78, 5) is 4.58. The van der Waals surface area contributed by atoms with E-state index >= 15 is 0 Å². The second-order valence-corrected chi connectivity index (χ2v) is 4.93. The van der Waals surface area contributed by atoms with Gasteiger partial charge >= 0.3 is 0 Å². The van der Waals surface area contributed by atoms with E-state index in [1.165, 1.54) is 0 Å². The van der Waals surface area contributed by atoms with E-state index in [9.17, 15) is 0 Å². The number of aliphatic imine (C=N–C) groups is 1. The minimum Gasteiger partial charge on any atom is -0.357 e. The molecule has 0 aromatic carbocycles. The molecule has 7 nitrogen and oxygen atoms in total. The van der Waals surface area contributed by atoms with Crippen LogP contribution in [0, 0.1) is 0 Å². The summed E-state index contributed by atoms with van der Waals surface area (Å²) in [5, 5.41) is 15.0. The molecule has 2 aromatic heterocycles. The fourth-order valence-electron chi connectivity index (χ4n) is 2.08. The predicted molar refractivity (Wildman–Crippen MR) is 103 cm³/mol. The van der Waals surface area contributed by atoms with Crippen molar-refractivity contribution in [1.29, 1.82) is 0 Å². The Morgan fingerprint density at radius 2 is 1.65 bits per heavy atom. The lowest BCUT2D eigenvalue weighted by Gasteiger charge is -2.11. The molecule has 0 saturated carbocycles. The van der Waals surface area contributed by atoms with Crippen LogP contribution in [-0.4, -0.2) is 45.2 Å². The highest BCUT2D eigenvalue weighted by Crippen LogP contribution is 1.91. The van der Waals surface area contributed by atoms with Crippen molar-refractivity contribution in [2.24, 2.45) is 4.99 Å². The molecule has 0 amide bonds. The molecule has 23 heavy (non-hydrogen) atoms. The molecular formula is C15H26IN7. The quantitative estimate of drug-likeness (QED) is 0.275. The zero-order valence-electron chi connectivity index (χ0n) is 13.6. The minimum atomic E-state index is 0. The smallest absolute Gasteiger partial charge is 0.191 e. The van der Waals surface area contributed by atoms with Gasteiger partial charge in [-0.05, 0) is 31.9 Å². The number of guanidine groups is 1. The van der Waals surface area contributed by atoms with Crippen molar-refractivity contribution < 1.29 is 0 Å². The van der Waals surface area contributed by atoms with E-state index < -0.39 is 0 Å². The number of aryl methyl sites for hydroxylation is 2. The molecule has 0 unspecified atom stereocenters. The maximum atomic E-state index is 4.58. The Balaban J connectivity index is 0.00000264. The van der Waals surface area contributed by atoms with E-state index in [2.05, 4.69) is 32.7 Å². The first-order valence-corrected chi connectivity index (χ1v) is 7.85. The van der Waals surface area contributed by atoms with Crippen LogP contribution in [0.4, 0.5) is 0 Å². The Morgan fingerprint density at radius 3 is 2.22 bits per heavy atom. The van der Waals surface area contributed by atoms with E-state index in [0.717, 1.165) is 51.5 Å². The van der Waals surface area contributed by atoms with E-state index in [1.54, 1.807) is 12.4 Å². The van der Waals surface area contributed by atoms with Crippen molar-refractivity contribution in [3.8, 4) is 0 Å². The summed E-state index contributed by atoms with van der Waals surface area (Å²) in [6, 6.07) is 3.88. The highest BCUT2D eigenvalue weighted by Gasteiger charge is 1.97. The zero-order chi connectivity index (χ0) is 15.5. The van der Waals surface area contributed by atoms with Crippen LogP contribution in [0.5, 0.6) is 0 Å². The van der Waals surface area contributed by atoms with Gasteiger partial charge in [-0.2, -0.15) is 10.2 Å². The van der Waals surface area contributed by atoms with Crippen molar-refractivity contribution in [3.05, 3.63) is 36.9 Å². The van der Waals surface area contributed by atoms with E-state index in [-0.39, 0.29) is 24.0 Å². The van der Waals surface area contributed by atoms with Gasteiger partial charge < -0.3 is 10.6 Å². The number of nitrogens with one attached hydrogen (secondary N) is 2. The number of hydrogen-bond donors (Lipinski definition) is 2. The number of nitrogens with zero attached hydrogens (tertiary/aromatic N) is 5. The van der Waals surface area contributed by atoms with Crippen molar-refractivity contribution in [1.82, 2.24) is 30.2 Å². The van der Waals surface area contributed by atoms with Gasteiger partial charge in [0.1, 0.15) is 0 Å². The van der Waals surface area contributed by atoms with Gasteiger partial charge in [-0.25, -0.2) is 0 Å². The molecule has 2 heterocycles. The van der Waals surface area contributed by atoms with Gasteiger partial charge in [0.15, 0.2) is 5.96 Å². The van der Waals surface area contributed by atoms with Crippen LogP contribution in [0.15, 0.2) is 41.9 Å². The van der Waals surface area contributed by atoms with Gasteiger partial charge in [-0.3, -0.25) is 14.4 Å². The number of hydrogen-bond acceptors (Lipinski definition) is 3. The lowest BCUT2D eigenvalue weighted by molar-refractivity contribution is 0.567. The third-order valence-electron chi connectivity index (χ3n) is 3.13. The monoisotopic (exact) mass is 431 g/mol. The maximum absolute atomic E-state index is 4.58. The molecule has 0 fully saturated rings. The second kappa shape index (κ2) is 11.9. The first-order valence-electron chi connectivity index (χ1n) is 7.85. The highest BCUT2D eigenvalue weighted by atomic mass is 127. The Labute approximate surface area is 154 Å². The molecule has 0 aliphatic carbocycles. The van der Waals surface area contributed by atoms with Crippen LogP contribution >= 0.6 is 24.0 Å². The van der Waals surface area contributed by atoms with Gasteiger partial charge in [0.25, 0.3) is 0 Å². The van der Waals surface area contributed by atoms with Crippen molar-refractivity contribution in [2.75, 3.05) is 19.6 Å². The summed E-state index contributed by atoms with van der Waals surface area (Å²) in [5.41, 5.74) is 0. The van der Waals surface area contributed by atoms with E-state index in [0.29, 0.717) is 0 Å². The van der Waals surface area contributed by atoms with Crippen molar-refractivity contribution in [2.45, 2.75) is 32.9 Å². The van der Waals surface area contributed by atoms with Crippen LogP contribution < -0.4 is 10.6 Å². The average Bonchev–Trinajstić information content (AvgIpc) is 3.21. The highest BCUT2D eigenvalue weighted by molar-refractivity contribution is 14.0. The lowest BCUT2D eigenvalue weighted by Crippen LogP contribution is -2.38. The summed E-state index contributed by atoms with van der Waals surface area (Å²) in [6.45, 7) is 6.42. The second-order valence-electron chi connectivity index (χ2n) is 4.93.